The fourth-order valence-corrected chi connectivity index (χ4v) is 5.90. The minimum Gasteiger partial charge on any atom is -0.481 e. The maximum absolute atomic E-state index is 13.5. The second-order valence-corrected chi connectivity index (χ2v) is 10.5. The Labute approximate surface area is 229 Å². The van der Waals surface area contributed by atoms with Gasteiger partial charge in [-0.15, -0.1) is 0 Å². The number of unbranched alkanes of at least 4 members (excludes halogenated alkanes) is 2. The molecule has 39 heavy (non-hydrogen) atoms. The van der Waals surface area contributed by atoms with Crippen LogP contribution in [0, 0.1) is 5.92 Å². The van der Waals surface area contributed by atoms with Crippen LogP contribution >= 0.6 is 0 Å². The van der Waals surface area contributed by atoms with Gasteiger partial charge in [0, 0.05) is 51.0 Å². The second-order valence-electron chi connectivity index (χ2n) is 10.5. The number of carboxylic acid groups (broad SMARTS) is 1. The first-order valence-electron chi connectivity index (χ1n) is 14.0. The van der Waals surface area contributed by atoms with Gasteiger partial charge < -0.3 is 25.2 Å². The highest BCUT2D eigenvalue weighted by atomic mass is 16.7. The number of carbonyl (C=O) groups is 4. The number of amides is 3. The van der Waals surface area contributed by atoms with Crippen molar-refractivity contribution in [3.63, 3.8) is 0 Å². The van der Waals surface area contributed by atoms with Gasteiger partial charge >= 0.3 is 5.97 Å². The third kappa shape index (κ3) is 6.70. The second kappa shape index (κ2) is 13.3. The first-order valence-corrected chi connectivity index (χ1v) is 14.0. The van der Waals surface area contributed by atoms with Gasteiger partial charge in [-0.25, -0.2) is 0 Å². The molecule has 0 saturated carbocycles. The molecule has 11 heteroatoms. The summed E-state index contributed by atoms with van der Waals surface area (Å²) in [5.41, 5.74) is 6.45. The Morgan fingerprint density at radius 3 is 2.49 bits per heavy atom. The van der Waals surface area contributed by atoms with Gasteiger partial charge in [-0.2, -0.15) is 0 Å². The van der Waals surface area contributed by atoms with Crippen LogP contribution in [0.4, 0.5) is 0 Å². The van der Waals surface area contributed by atoms with E-state index in [0.29, 0.717) is 37.7 Å². The highest BCUT2D eigenvalue weighted by Gasteiger charge is 2.48. The number of hydrogen-bond donors (Lipinski definition) is 2. The minimum absolute atomic E-state index is 0.0470. The lowest BCUT2D eigenvalue weighted by Gasteiger charge is -2.30. The molecule has 1 aromatic rings. The van der Waals surface area contributed by atoms with E-state index in [9.17, 15) is 24.3 Å². The van der Waals surface area contributed by atoms with E-state index in [2.05, 4.69) is 6.92 Å². The monoisotopic (exact) mass is 544 g/mol. The third-order valence-electron chi connectivity index (χ3n) is 8.02. The summed E-state index contributed by atoms with van der Waals surface area (Å²) < 4.78 is 11.0. The zero-order valence-electron chi connectivity index (χ0n) is 22.7. The zero-order chi connectivity index (χ0) is 27.9. The highest BCUT2D eigenvalue weighted by Crippen LogP contribution is 2.42. The number of nitrogens with two attached hydrogens (primary N) is 1. The number of carbonyl (C=O) groups excluding carboxylic acids is 3. The normalized spacial score (nSPS) is 22.6. The average Bonchev–Trinajstić information content (AvgIpc) is 3.61. The summed E-state index contributed by atoms with van der Waals surface area (Å²) in [5, 5.41) is 10.4. The molecule has 214 valence electrons. The van der Waals surface area contributed by atoms with Crippen molar-refractivity contribution in [1.82, 2.24) is 14.7 Å². The maximum Gasteiger partial charge on any atom is 0.308 e. The van der Waals surface area contributed by atoms with Gasteiger partial charge in [-0.05, 0) is 49.9 Å². The number of fused-ring (bicyclic) bond motifs is 1. The van der Waals surface area contributed by atoms with E-state index >= 15 is 0 Å². The molecule has 3 atom stereocenters. The molecule has 0 bridgehead atoms. The van der Waals surface area contributed by atoms with Crippen molar-refractivity contribution in [3.8, 4) is 11.5 Å². The lowest BCUT2D eigenvalue weighted by molar-refractivity contribution is -0.144. The molecule has 0 aromatic heterocycles. The Morgan fingerprint density at radius 1 is 1.08 bits per heavy atom. The van der Waals surface area contributed by atoms with Crippen LogP contribution in [0.25, 0.3) is 0 Å². The molecule has 3 aliphatic heterocycles. The molecule has 2 saturated heterocycles. The van der Waals surface area contributed by atoms with Gasteiger partial charge in [0.05, 0.1) is 12.5 Å². The van der Waals surface area contributed by atoms with Crippen molar-refractivity contribution < 1.29 is 33.8 Å². The number of nitrogens with zero attached hydrogens (tertiary/aromatic N) is 3. The molecule has 2 fully saturated rings. The van der Waals surface area contributed by atoms with E-state index in [4.69, 9.17) is 15.2 Å². The molecular formula is C28H40N4O7. The summed E-state index contributed by atoms with van der Waals surface area (Å²) in [4.78, 5) is 55.8. The summed E-state index contributed by atoms with van der Waals surface area (Å²) in [6.45, 7) is 4.58. The van der Waals surface area contributed by atoms with E-state index in [1.54, 1.807) is 6.07 Å². The fraction of sp³-hybridized carbons (Fsp3) is 0.643. The smallest absolute Gasteiger partial charge is 0.308 e. The predicted molar refractivity (Wildman–Crippen MR) is 142 cm³/mol. The van der Waals surface area contributed by atoms with Crippen molar-refractivity contribution in [2.24, 2.45) is 11.7 Å². The number of benzene rings is 1. The highest BCUT2D eigenvalue weighted by molar-refractivity contribution is 6.01. The Bertz CT molecular complexity index is 1050. The first kappa shape index (κ1) is 28.8. The van der Waals surface area contributed by atoms with Crippen molar-refractivity contribution in [2.45, 2.75) is 63.8 Å². The molecule has 0 aliphatic carbocycles. The van der Waals surface area contributed by atoms with Crippen LogP contribution in [0.1, 0.15) is 63.4 Å². The molecule has 0 radical (unpaired) electrons. The number of aliphatic carboxylic acids is 1. The van der Waals surface area contributed by atoms with E-state index < -0.39 is 23.8 Å². The minimum atomic E-state index is -0.970. The number of imide groups is 1. The number of ether oxygens (including phenoxy) is 2. The lowest BCUT2D eigenvalue weighted by atomic mass is 9.84. The van der Waals surface area contributed by atoms with Crippen LogP contribution in [-0.4, -0.2) is 95.6 Å². The van der Waals surface area contributed by atoms with E-state index in [0.717, 1.165) is 31.2 Å². The number of hydrogen-bond acceptors (Lipinski definition) is 8. The van der Waals surface area contributed by atoms with Crippen molar-refractivity contribution in [2.75, 3.05) is 46.1 Å². The van der Waals surface area contributed by atoms with Gasteiger partial charge in [-0.1, -0.05) is 19.4 Å². The molecule has 3 N–H and O–H groups in total. The molecule has 11 nitrogen and oxygen atoms in total. The van der Waals surface area contributed by atoms with E-state index in [1.807, 2.05) is 21.9 Å². The number of rotatable bonds is 14. The SMILES string of the molecule is CCCCN(CCCCN)C(=O)CN1C[C@H](c2ccc3c(c2)OCO3)[C@@H](C(=O)O)[C@@H]1CCN1C(=O)CCC1=O. The summed E-state index contributed by atoms with van der Waals surface area (Å²) in [6, 6.07) is 4.93. The molecular weight excluding hydrogens is 504 g/mol. The Kier molecular flexibility index (Phi) is 9.79. The van der Waals surface area contributed by atoms with Crippen molar-refractivity contribution in [3.05, 3.63) is 23.8 Å². The van der Waals surface area contributed by atoms with Gasteiger partial charge in [0.25, 0.3) is 0 Å². The molecule has 0 unspecified atom stereocenters. The van der Waals surface area contributed by atoms with Crippen molar-refractivity contribution in [1.29, 1.82) is 0 Å². The van der Waals surface area contributed by atoms with Gasteiger partial charge in [-0.3, -0.25) is 29.0 Å². The van der Waals surface area contributed by atoms with Gasteiger partial charge in [0.1, 0.15) is 0 Å². The van der Waals surface area contributed by atoms with Crippen LogP contribution in [0.5, 0.6) is 11.5 Å². The average molecular weight is 545 g/mol. The molecule has 3 heterocycles. The van der Waals surface area contributed by atoms with Crippen LogP contribution < -0.4 is 15.2 Å². The molecule has 3 amide bonds. The molecule has 0 spiro atoms. The van der Waals surface area contributed by atoms with E-state index in [-0.39, 0.29) is 56.9 Å². The largest absolute Gasteiger partial charge is 0.481 e. The molecule has 4 rings (SSSR count). The zero-order valence-corrected chi connectivity index (χ0v) is 22.7. The topological polar surface area (TPSA) is 143 Å². The quantitative estimate of drug-likeness (QED) is 0.265. The Balaban J connectivity index is 1.58. The molecule has 1 aromatic carbocycles. The predicted octanol–water partition coefficient (Wildman–Crippen LogP) is 1.79. The first-order chi connectivity index (χ1) is 18.8. The number of likely N-dealkylation sites (tertiary alicyclic amines) is 2. The lowest BCUT2D eigenvalue weighted by Crippen LogP contribution is -2.46. The standard InChI is InChI=1S/C28H40N4O7/c1-2-3-12-30(13-5-4-11-29)26(35)17-31-16-20(19-6-7-22-23(15-19)39-18-38-22)27(28(36)37)21(31)10-14-32-24(33)8-9-25(32)34/h6-7,15,20-21,27H,2-5,8-14,16-18,29H2,1H3,(H,36,37)/t20-,21+,27-/m1/s1. The van der Waals surface area contributed by atoms with Crippen molar-refractivity contribution >= 4 is 23.7 Å². The fourth-order valence-electron chi connectivity index (χ4n) is 5.90. The van der Waals surface area contributed by atoms with Crippen LogP contribution in [0.15, 0.2) is 18.2 Å². The summed E-state index contributed by atoms with van der Waals surface area (Å²) in [6.07, 6.45) is 4.13. The van der Waals surface area contributed by atoms with Crippen LogP contribution in [0.2, 0.25) is 0 Å². The maximum atomic E-state index is 13.5. The Hall–Kier alpha value is -3.18. The van der Waals surface area contributed by atoms with Gasteiger partial charge in [0.2, 0.25) is 24.5 Å². The number of carboxylic acids is 1. The van der Waals surface area contributed by atoms with Crippen LogP contribution in [-0.2, 0) is 19.2 Å². The summed E-state index contributed by atoms with van der Waals surface area (Å²) in [7, 11) is 0. The van der Waals surface area contributed by atoms with Gasteiger partial charge in [0.15, 0.2) is 11.5 Å². The van der Waals surface area contributed by atoms with E-state index in [1.165, 1.54) is 4.90 Å². The summed E-state index contributed by atoms with van der Waals surface area (Å²) in [5.74, 6) is -1.52. The molecule has 3 aliphatic rings. The summed E-state index contributed by atoms with van der Waals surface area (Å²) >= 11 is 0. The van der Waals surface area contributed by atoms with Crippen LogP contribution in [0.3, 0.4) is 0 Å². The Morgan fingerprint density at radius 2 is 1.79 bits per heavy atom. The third-order valence-corrected chi connectivity index (χ3v) is 8.02.